The lowest BCUT2D eigenvalue weighted by molar-refractivity contribution is 0.673. The molecule has 0 bridgehead atoms. The standard InChI is InChI=1S/C17H22ClN3/c1-3-10-19-12-15-16(18)8-6-9-17(15)21(2)13-14-7-4-5-11-20-14/h4-9,11,19H,3,10,12-13H2,1-2H3. The number of anilines is 1. The maximum atomic E-state index is 6.37. The minimum Gasteiger partial charge on any atom is -0.368 e. The number of pyridine rings is 1. The van der Waals surface area contributed by atoms with Crippen LogP contribution < -0.4 is 10.2 Å². The summed E-state index contributed by atoms with van der Waals surface area (Å²) in [6.07, 6.45) is 2.94. The van der Waals surface area contributed by atoms with Gasteiger partial charge < -0.3 is 10.2 Å². The molecule has 0 spiro atoms. The highest BCUT2D eigenvalue weighted by molar-refractivity contribution is 6.31. The summed E-state index contributed by atoms with van der Waals surface area (Å²) >= 11 is 6.37. The second-order valence-corrected chi connectivity index (χ2v) is 5.50. The first-order valence-corrected chi connectivity index (χ1v) is 7.69. The van der Waals surface area contributed by atoms with Crippen LogP contribution in [-0.2, 0) is 13.1 Å². The van der Waals surface area contributed by atoms with Gasteiger partial charge in [0.15, 0.2) is 0 Å². The highest BCUT2D eigenvalue weighted by Gasteiger charge is 2.11. The SMILES string of the molecule is CCCNCc1c(Cl)cccc1N(C)Cc1ccccn1. The van der Waals surface area contributed by atoms with Gasteiger partial charge in [0.1, 0.15) is 0 Å². The third-order valence-electron chi connectivity index (χ3n) is 3.36. The number of rotatable bonds is 7. The van der Waals surface area contributed by atoms with E-state index in [9.17, 15) is 0 Å². The summed E-state index contributed by atoms with van der Waals surface area (Å²) in [5.41, 5.74) is 3.34. The van der Waals surface area contributed by atoms with E-state index in [4.69, 9.17) is 11.6 Å². The van der Waals surface area contributed by atoms with Gasteiger partial charge in [0.05, 0.1) is 12.2 Å². The lowest BCUT2D eigenvalue weighted by Gasteiger charge is -2.23. The Morgan fingerprint density at radius 2 is 2.05 bits per heavy atom. The van der Waals surface area contributed by atoms with Crippen LogP contribution in [-0.4, -0.2) is 18.6 Å². The van der Waals surface area contributed by atoms with Crippen LogP contribution in [0.15, 0.2) is 42.6 Å². The Morgan fingerprint density at radius 1 is 1.19 bits per heavy atom. The summed E-state index contributed by atoms with van der Waals surface area (Å²) in [5, 5.41) is 4.23. The Morgan fingerprint density at radius 3 is 2.76 bits per heavy atom. The fourth-order valence-corrected chi connectivity index (χ4v) is 2.53. The summed E-state index contributed by atoms with van der Waals surface area (Å²) in [6.45, 7) is 4.71. The van der Waals surface area contributed by atoms with Crippen LogP contribution in [0.3, 0.4) is 0 Å². The fourth-order valence-electron chi connectivity index (χ4n) is 2.29. The first-order chi connectivity index (χ1) is 10.2. The van der Waals surface area contributed by atoms with E-state index in [0.717, 1.165) is 48.0 Å². The minimum absolute atomic E-state index is 0.766. The zero-order valence-corrected chi connectivity index (χ0v) is 13.4. The zero-order chi connectivity index (χ0) is 15.1. The molecule has 1 aromatic heterocycles. The molecule has 2 aromatic rings. The molecule has 0 unspecified atom stereocenters. The number of nitrogens with zero attached hydrogens (tertiary/aromatic N) is 2. The van der Waals surface area contributed by atoms with Crippen molar-refractivity contribution in [3.63, 3.8) is 0 Å². The van der Waals surface area contributed by atoms with E-state index in [1.165, 1.54) is 0 Å². The predicted molar refractivity (Wildman–Crippen MR) is 89.8 cm³/mol. The molecule has 0 fully saturated rings. The van der Waals surface area contributed by atoms with E-state index in [0.29, 0.717) is 0 Å². The van der Waals surface area contributed by atoms with E-state index in [2.05, 4.69) is 35.2 Å². The Balaban J connectivity index is 2.15. The minimum atomic E-state index is 0.766. The molecule has 0 aliphatic carbocycles. The Labute approximate surface area is 132 Å². The molecule has 21 heavy (non-hydrogen) atoms. The average Bonchev–Trinajstić information content (AvgIpc) is 2.50. The molecule has 0 aliphatic heterocycles. The van der Waals surface area contributed by atoms with Gasteiger partial charge in [-0.1, -0.05) is 30.7 Å². The van der Waals surface area contributed by atoms with Gasteiger partial charge in [-0.15, -0.1) is 0 Å². The highest BCUT2D eigenvalue weighted by atomic mass is 35.5. The van der Waals surface area contributed by atoms with Crippen molar-refractivity contribution in [2.24, 2.45) is 0 Å². The summed E-state index contributed by atoms with van der Waals surface area (Å²) in [4.78, 5) is 6.57. The number of benzene rings is 1. The van der Waals surface area contributed by atoms with Crippen LogP contribution in [0.1, 0.15) is 24.6 Å². The normalized spacial score (nSPS) is 10.6. The predicted octanol–water partition coefficient (Wildman–Crippen LogP) is 3.87. The quantitative estimate of drug-likeness (QED) is 0.787. The number of halogens is 1. The van der Waals surface area contributed by atoms with E-state index in [1.54, 1.807) is 0 Å². The molecule has 1 aromatic carbocycles. The molecular weight excluding hydrogens is 282 g/mol. The first kappa shape index (κ1) is 15.8. The lowest BCUT2D eigenvalue weighted by Crippen LogP contribution is -2.21. The summed E-state index contributed by atoms with van der Waals surface area (Å²) in [5.74, 6) is 0. The second kappa shape index (κ2) is 8.01. The second-order valence-electron chi connectivity index (χ2n) is 5.09. The van der Waals surface area contributed by atoms with Crippen molar-refractivity contribution in [3.05, 3.63) is 58.9 Å². The van der Waals surface area contributed by atoms with Crippen LogP contribution in [0.4, 0.5) is 5.69 Å². The van der Waals surface area contributed by atoms with Gasteiger partial charge in [-0.3, -0.25) is 4.98 Å². The van der Waals surface area contributed by atoms with Crippen molar-refractivity contribution in [2.75, 3.05) is 18.5 Å². The van der Waals surface area contributed by atoms with Gasteiger partial charge in [-0.05, 0) is 37.2 Å². The molecule has 0 aliphatic rings. The highest BCUT2D eigenvalue weighted by Crippen LogP contribution is 2.27. The number of hydrogen-bond acceptors (Lipinski definition) is 3. The smallest absolute Gasteiger partial charge is 0.0598 e. The molecule has 1 heterocycles. The van der Waals surface area contributed by atoms with Gasteiger partial charge in [0, 0.05) is 36.1 Å². The average molecular weight is 304 g/mol. The summed E-state index contributed by atoms with van der Waals surface area (Å²) in [6, 6.07) is 12.0. The number of hydrogen-bond donors (Lipinski definition) is 1. The van der Waals surface area contributed by atoms with Crippen molar-refractivity contribution in [1.82, 2.24) is 10.3 Å². The van der Waals surface area contributed by atoms with Crippen molar-refractivity contribution in [2.45, 2.75) is 26.4 Å². The van der Waals surface area contributed by atoms with Gasteiger partial charge in [-0.25, -0.2) is 0 Å². The molecule has 4 heteroatoms. The van der Waals surface area contributed by atoms with Crippen LogP contribution >= 0.6 is 11.6 Å². The molecule has 3 nitrogen and oxygen atoms in total. The van der Waals surface area contributed by atoms with E-state index in [-0.39, 0.29) is 0 Å². The third-order valence-corrected chi connectivity index (χ3v) is 3.71. The monoisotopic (exact) mass is 303 g/mol. The van der Waals surface area contributed by atoms with Crippen molar-refractivity contribution in [3.8, 4) is 0 Å². The fraction of sp³-hybridized carbons (Fsp3) is 0.353. The first-order valence-electron chi connectivity index (χ1n) is 7.31. The zero-order valence-electron chi connectivity index (χ0n) is 12.6. The van der Waals surface area contributed by atoms with Crippen LogP contribution in [0, 0.1) is 0 Å². The molecule has 0 radical (unpaired) electrons. The van der Waals surface area contributed by atoms with E-state index in [1.807, 2.05) is 36.5 Å². The Kier molecular flexibility index (Phi) is 6.03. The topological polar surface area (TPSA) is 28.2 Å². The molecule has 0 saturated heterocycles. The Hall–Kier alpha value is -1.58. The van der Waals surface area contributed by atoms with Crippen LogP contribution in [0.2, 0.25) is 5.02 Å². The third kappa shape index (κ3) is 4.45. The van der Waals surface area contributed by atoms with Gasteiger partial charge in [0.25, 0.3) is 0 Å². The van der Waals surface area contributed by atoms with Crippen LogP contribution in [0.5, 0.6) is 0 Å². The van der Waals surface area contributed by atoms with E-state index < -0.39 is 0 Å². The van der Waals surface area contributed by atoms with Crippen molar-refractivity contribution < 1.29 is 0 Å². The van der Waals surface area contributed by atoms with Gasteiger partial charge in [-0.2, -0.15) is 0 Å². The lowest BCUT2D eigenvalue weighted by atomic mass is 10.1. The van der Waals surface area contributed by atoms with Crippen LogP contribution in [0.25, 0.3) is 0 Å². The molecular formula is C17H22ClN3. The molecule has 2 rings (SSSR count). The molecule has 0 atom stereocenters. The number of nitrogens with one attached hydrogen (secondary N) is 1. The van der Waals surface area contributed by atoms with Gasteiger partial charge in [0.2, 0.25) is 0 Å². The van der Waals surface area contributed by atoms with Gasteiger partial charge >= 0.3 is 0 Å². The largest absolute Gasteiger partial charge is 0.368 e. The maximum absolute atomic E-state index is 6.37. The molecule has 112 valence electrons. The van der Waals surface area contributed by atoms with Crippen molar-refractivity contribution >= 4 is 17.3 Å². The molecule has 0 saturated carbocycles. The molecule has 0 amide bonds. The maximum Gasteiger partial charge on any atom is 0.0598 e. The van der Waals surface area contributed by atoms with E-state index >= 15 is 0 Å². The Bertz CT molecular complexity index is 557. The number of aromatic nitrogens is 1. The molecule has 1 N–H and O–H groups in total. The van der Waals surface area contributed by atoms with Crippen molar-refractivity contribution in [1.29, 1.82) is 0 Å². The summed E-state index contributed by atoms with van der Waals surface area (Å²) < 4.78 is 0. The summed E-state index contributed by atoms with van der Waals surface area (Å²) in [7, 11) is 2.07.